The Morgan fingerprint density at radius 2 is 2.26 bits per heavy atom. The van der Waals surface area contributed by atoms with Crippen molar-refractivity contribution in [2.75, 3.05) is 26.2 Å². The van der Waals surface area contributed by atoms with Gasteiger partial charge in [-0.25, -0.2) is 0 Å². The van der Waals surface area contributed by atoms with Crippen LogP contribution < -0.4 is 11.1 Å². The number of thiophene rings is 1. The molecule has 1 fully saturated rings. The zero-order valence-corrected chi connectivity index (χ0v) is 11.6. The van der Waals surface area contributed by atoms with Gasteiger partial charge < -0.3 is 21.2 Å². The number of hydrogen-bond acceptors (Lipinski definition) is 6. The predicted octanol–water partition coefficient (Wildman–Crippen LogP) is 0.960. The molecule has 1 aromatic rings. The molecule has 0 radical (unpaired) electrons. The lowest BCUT2D eigenvalue weighted by Crippen LogP contribution is -2.42. The van der Waals surface area contributed by atoms with Crippen LogP contribution in [-0.2, 0) is 17.9 Å². The zero-order valence-electron chi connectivity index (χ0n) is 10.7. The molecular weight excluding hydrogens is 260 g/mol. The molecule has 2 aliphatic heterocycles. The van der Waals surface area contributed by atoms with Gasteiger partial charge in [-0.05, 0) is 6.07 Å². The van der Waals surface area contributed by atoms with Crippen LogP contribution in [0.1, 0.15) is 15.3 Å². The molecule has 6 heteroatoms. The maximum absolute atomic E-state index is 7.28. The van der Waals surface area contributed by atoms with Gasteiger partial charge in [-0.2, -0.15) is 0 Å². The molecule has 1 aromatic heterocycles. The Morgan fingerprint density at radius 1 is 1.47 bits per heavy atom. The zero-order chi connectivity index (χ0) is 13.2. The predicted molar refractivity (Wildman–Crippen MR) is 77.1 cm³/mol. The van der Waals surface area contributed by atoms with Gasteiger partial charge in [-0.1, -0.05) is 0 Å². The van der Waals surface area contributed by atoms with Crippen molar-refractivity contribution in [2.45, 2.75) is 13.2 Å². The van der Waals surface area contributed by atoms with Gasteiger partial charge in [0.2, 0.25) is 0 Å². The maximum Gasteiger partial charge on any atom is 0.160 e. The highest BCUT2D eigenvalue weighted by Gasteiger charge is 2.21. The molecule has 2 aliphatic rings. The van der Waals surface area contributed by atoms with E-state index in [2.05, 4.69) is 16.3 Å². The quantitative estimate of drug-likeness (QED) is 0.720. The summed E-state index contributed by atoms with van der Waals surface area (Å²) in [5, 5.41) is 10.6. The Balaban J connectivity index is 1.79. The van der Waals surface area contributed by atoms with Crippen LogP contribution in [0.5, 0.6) is 0 Å². The lowest BCUT2D eigenvalue weighted by atomic mass is 10.1. The number of nitrogens with one attached hydrogen (secondary N) is 2. The molecule has 4 N–H and O–H groups in total. The van der Waals surface area contributed by atoms with Crippen LogP contribution in [-0.4, -0.2) is 37.3 Å². The number of piperazine rings is 1. The van der Waals surface area contributed by atoms with Crippen LogP contribution in [0.2, 0.25) is 0 Å². The van der Waals surface area contributed by atoms with E-state index in [0.717, 1.165) is 38.3 Å². The fourth-order valence-corrected chi connectivity index (χ4v) is 3.60. The van der Waals surface area contributed by atoms with Crippen molar-refractivity contribution >= 4 is 23.2 Å². The molecular formula is C13H18N4OS. The molecule has 0 amide bonds. The van der Waals surface area contributed by atoms with Crippen molar-refractivity contribution in [3.63, 3.8) is 0 Å². The lowest BCUT2D eigenvalue weighted by Gasteiger charge is -2.26. The van der Waals surface area contributed by atoms with Crippen LogP contribution in [0.15, 0.2) is 11.8 Å². The number of allylic oxidation sites excluding steroid dienone is 1. The van der Waals surface area contributed by atoms with E-state index in [-0.39, 0.29) is 0 Å². The summed E-state index contributed by atoms with van der Waals surface area (Å²) in [4.78, 5) is 4.95. The Kier molecular flexibility index (Phi) is 3.54. The summed E-state index contributed by atoms with van der Waals surface area (Å²) in [6, 6.07) is 2.16. The maximum atomic E-state index is 7.28. The minimum Gasteiger partial charge on any atom is -0.484 e. The van der Waals surface area contributed by atoms with Gasteiger partial charge in [-0.15, -0.1) is 11.3 Å². The highest BCUT2D eigenvalue weighted by Crippen LogP contribution is 2.33. The van der Waals surface area contributed by atoms with E-state index in [1.54, 1.807) is 11.3 Å². The average Bonchev–Trinajstić information content (AvgIpc) is 2.84. The molecule has 0 unspecified atom stereocenters. The van der Waals surface area contributed by atoms with E-state index < -0.39 is 0 Å². The van der Waals surface area contributed by atoms with Gasteiger partial charge in [-0.3, -0.25) is 4.90 Å². The molecule has 5 nitrogen and oxygen atoms in total. The Hall–Kier alpha value is -1.37. The smallest absolute Gasteiger partial charge is 0.160 e. The molecule has 0 bridgehead atoms. The van der Waals surface area contributed by atoms with Crippen molar-refractivity contribution in [3.05, 3.63) is 27.1 Å². The van der Waals surface area contributed by atoms with E-state index in [4.69, 9.17) is 15.9 Å². The van der Waals surface area contributed by atoms with Crippen LogP contribution in [0, 0.1) is 5.41 Å². The van der Waals surface area contributed by atoms with Crippen molar-refractivity contribution < 1.29 is 4.74 Å². The first-order valence-electron chi connectivity index (χ1n) is 6.46. The summed E-state index contributed by atoms with van der Waals surface area (Å²) >= 11 is 1.77. The minimum atomic E-state index is 0.485. The van der Waals surface area contributed by atoms with Crippen LogP contribution in [0.4, 0.5) is 0 Å². The van der Waals surface area contributed by atoms with Gasteiger partial charge in [0.15, 0.2) is 5.76 Å². The third kappa shape index (κ3) is 2.51. The normalized spacial score (nSPS) is 20.0. The van der Waals surface area contributed by atoms with E-state index in [1.165, 1.54) is 16.0 Å². The van der Waals surface area contributed by atoms with Crippen molar-refractivity contribution in [1.29, 1.82) is 5.41 Å². The van der Waals surface area contributed by atoms with E-state index in [1.807, 2.05) is 0 Å². The van der Waals surface area contributed by atoms with Crippen molar-refractivity contribution in [3.8, 4) is 0 Å². The number of nitrogens with zero attached hydrogens (tertiary/aromatic N) is 1. The van der Waals surface area contributed by atoms with Gasteiger partial charge in [0.1, 0.15) is 6.61 Å². The van der Waals surface area contributed by atoms with E-state index >= 15 is 0 Å². The third-order valence-corrected chi connectivity index (χ3v) is 4.59. The number of nitrogens with two attached hydrogens (primary N) is 1. The standard InChI is InChI=1S/C13H18N4OS/c14-6-11-13(15)10-5-9(19-12(10)8-18-11)7-17-3-1-16-2-4-17/h5-6,14,16H,1-4,7-8,15H2. The molecule has 102 valence electrons. The second-order valence-corrected chi connectivity index (χ2v) is 6.01. The Labute approximate surface area is 116 Å². The van der Waals surface area contributed by atoms with Gasteiger partial charge >= 0.3 is 0 Å². The summed E-state index contributed by atoms with van der Waals surface area (Å²) in [5.74, 6) is 0.485. The van der Waals surface area contributed by atoms with Crippen LogP contribution in [0.3, 0.4) is 0 Å². The molecule has 0 aliphatic carbocycles. The Bertz CT molecular complexity index is 517. The molecule has 0 aromatic carbocycles. The van der Waals surface area contributed by atoms with Gasteiger partial charge in [0.25, 0.3) is 0 Å². The Morgan fingerprint density at radius 3 is 3.00 bits per heavy atom. The molecule has 19 heavy (non-hydrogen) atoms. The second kappa shape index (κ2) is 5.32. The fourth-order valence-electron chi connectivity index (χ4n) is 2.46. The second-order valence-electron chi connectivity index (χ2n) is 4.79. The molecule has 0 spiro atoms. The van der Waals surface area contributed by atoms with E-state index in [0.29, 0.717) is 18.1 Å². The summed E-state index contributed by atoms with van der Waals surface area (Å²) in [6.07, 6.45) is 1.19. The molecule has 1 saturated heterocycles. The lowest BCUT2D eigenvalue weighted by molar-refractivity contribution is 0.218. The number of rotatable bonds is 3. The molecule has 0 saturated carbocycles. The topological polar surface area (TPSA) is 74.4 Å². The van der Waals surface area contributed by atoms with Crippen molar-refractivity contribution in [2.24, 2.45) is 5.73 Å². The summed E-state index contributed by atoms with van der Waals surface area (Å²) in [5.41, 5.74) is 7.69. The highest BCUT2D eigenvalue weighted by molar-refractivity contribution is 7.12. The minimum absolute atomic E-state index is 0.485. The monoisotopic (exact) mass is 278 g/mol. The molecule has 3 heterocycles. The summed E-state index contributed by atoms with van der Waals surface area (Å²) in [6.45, 7) is 5.83. The number of fused-ring (bicyclic) bond motifs is 1. The average molecular weight is 278 g/mol. The van der Waals surface area contributed by atoms with Gasteiger partial charge in [0, 0.05) is 43.2 Å². The first-order valence-corrected chi connectivity index (χ1v) is 7.27. The molecule has 3 rings (SSSR count). The largest absolute Gasteiger partial charge is 0.484 e. The highest BCUT2D eigenvalue weighted by atomic mass is 32.1. The van der Waals surface area contributed by atoms with Crippen LogP contribution in [0.25, 0.3) is 5.70 Å². The number of ether oxygens (including phenoxy) is 1. The fraction of sp³-hybridized carbons (Fsp3) is 0.462. The first kappa shape index (κ1) is 12.7. The van der Waals surface area contributed by atoms with Crippen molar-refractivity contribution in [1.82, 2.24) is 10.2 Å². The van der Waals surface area contributed by atoms with Crippen LogP contribution >= 0.6 is 11.3 Å². The van der Waals surface area contributed by atoms with E-state index in [9.17, 15) is 0 Å². The SMILES string of the molecule is N=CC1=C(N)c2cc(CN3CCNCC3)sc2CO1. The summed E-state index contributed by atoms with van der Waals surface area (Å²) < 4.78 is 5.47. The van der Waals surface area contributed by atoms with Gasteiger partial charge in [0.05, 0.1) is 16.8 Å². The third-order valence-electron chi connectivity index (χ3n) is 3.49. The summed E-state index contributed by atoms with van der Waals surface area (Å²) in [7, 11) is 0. The molecule has 0 atom stereocenters. The number of hydrogen-bond donors (Lipinski definition) is 3. The first-order chi connectivity index (χ1) is 9.28.